The normalized spacial score (nSPS) is 11.3. The van der Waals surface area contributed by atoms with E-state index in [0.29, 0.717) is 5.76 Å². The number of nitrogens with one attached hydrogen (secondary N) is 1. The summed E-state index contributed by atoms with van der Waals surface area (Å²) in [5.74, 6) is 0.150. The minimum Gasteiger partial charge on any atom is -0.467 e. The highest BCUT2D eigenvalue weighted by atomic mass is 19.4. The largest absolute Gasteiger partial charge is 0.467 e. The van der Waals surface area contributed by atoms with Crippen molar-refractivity contribution in [1.29, 1.82) is 0 Å². The summed E-state index contributed by atoms with van der Waals surface area (Å²) in [6.07, 6.45) is -1.30. The number of urea groups is 1. The molecule has 1 N–H and O–H groups in total. The lowest BCUT2D eigenvalue weighted by atomic mass is 10.1. The molecule has 1 aromatic carbocycles. The number of para-hydroxylation sites is 1. The Morgan fingerprint density at radius 3 is 2.46 bits per heavy atom. The van der Waals surface area contributed by atoms with E-state index in [1.807, 2.05) is 29.9 Å². The third-order valence-corrected chi connectivity index (χ3v) is 5.34. The first-order valence-electron chi connectivity index (χ1n) is 10.8. The number of aryl methyl sites for hydroxylation is 1. The Morgan fingerprint density at radius 1 is 1.06 bits per heavy atom. The van der Waals surface area contributed by atoms with Crippen molar-refractivity contribution in [3.8, 4) is 0 Å². The van der Waals surface area contributed by atoms with E-state index in [9.17, 15) is 22.8 Å². The third-order valence-electron chi connectivity index (χ3n) is 5.34. The standard InChI is InChI=1S/C24H27F3N4O4/c1-29-11-5-7-18(29)15-31(16-19-8-6-13-35-19)22(32)17-30(12-14-34-2)23(33)28-21-10-4-3-9-20(21)24(25,26)27/h3-11,13H,12,14-17H2,1-2H3,(H,28,33). The van der Waals surface area contributed by atoms with E-state index in [2.05, 4.69) is 5.32 Å². The first-order chi connectivity index (χ1) is 16.7. The van der Waals surface area contributed by atoms with Gasteiger partial charge in [0.05, 0.1) is 37.2 Å². The average Bonchev–Trinajstić information content (AvgIpc) is 3.47. The van der Waals surface area contributed by atoms with Crippen LogP contribution in [0.2, 0.25) is 0 Å². The molecule has 2 heterocycles. The summed E-state index contributed by atoms with van der Waals surface area (Å²) in [5, 5.41) is 2.29. The first-order valence-corrected chi connectivity index (χ1v) is 10.8. The van der Waals surface area contributed by atoms with E-state index in [1.165, 1.54) is 30.4 Å². The molecule has 0 atom stereocenters. The second kappa shape index (κ2) is 11.6. The molecule has 188 valence electrons. The average molecular weight is 492 g/mol. The molecule has 0 bridgehead atoms. The Labute approximate surface area is 200 Å². The summed E-state index contributed by atoms with van der Waals surface area (Å²) < 4.78 is 52.4. The van der Waals surface area contributed by atoms with Crippen molar-refractivity contribution < 1.29 is 31.9 Å². The zero-order chi connectivity index (χ0) is 25.4. The van der Waals surface area contributed by atoms with Gasteiger partial charge in [-0.05, 0) is 36.4 Å². The fourth-order valence-corrected chi connectivity index (χ4v) is 3.43. The van der Waals surface area contributed by atoms with Crippen LogP contribution in [0.1, 0.15) is 17.0 Å². The minimum absolute atomic E-state index is 0.000997. The summed E-state index contributed by atoms with van der Waals surface area (Å²) in [6.45, 7) is 0.139. The van der Waals surface area contributed by atoms with Crippen LogP contribution in [0.3, 0.4) is 0 Å². The molecule has 0 spiro atoms. The molecule has 0 aliphatic carbocycles. The lowest BCUT2D eigenvalue weighted by molar-refractivity contribution is -0.137. The van der Waals surface area contributed by atoms with Gasteiger partial charge in [0.1, 0.15) is 12.3 Å². The number of alkyl halides is 3. The van der Waals surface area contributed by atoms with Crippen LogP contribution in [0, 0.1) is 0 Å². The highest BCUT2D eigenvalue weighted by Crippen LogP contribution is 2.34. The number of amides is 3. The number of furan rings is 1. The molecular formula is C24H27F3N4O4. The van der Waals surface area contributed by atoms with Crippen molar-refractivity contribution in [3.05, 3.63) is 78.0 Å². The SMILES string of the molecule is COCCN(CC(=O)N(Cc1ccco1)Cc1cccn1C)C(=O)Nc1ccccc1C(F)(F)F. The molecule has 0 radical (unpaired) electrons. The van der Waals surface area contributed by atoms with Crippen LogP contribution < -0.4 is 5.32 Å². The molecule has 0 saturated heterocycles. The van der Waals surface area contributed by atoms with Gasteiger partial charge in [0.15, 0.2) is 0 Å². The van der Waals surface area contributed by atoms with Gasteiger partial charge in [0, 0.05) is 32.6 Å². The molecule has 0 fully saturated rings. The van der Waals surface area contributed by atoms with Gasteiger partial charge in [-0.25, -0.2) is 4.79 Å². The maximum absolute atomic E-state index is 13.4. The van der Waals surface area contributed by atoms with Gasteiger partial charge in [0.25, 0.3) is 0 Å². The Bertz CT molecular complexity index is 1110. The Kier molecular flexibility index (Phi) is 8.58. The molecule has 3 rings (SSSR count). The number of nitrogens with zero attached hydrogens (tertiary/aromatic N) is 3. The topological polar surface area (TPSA) is 80.0 Å². The van der Waals surface area contributed by atoms with Crippen LogP contribution in [0.15, 0.2) is 65.4 Å². The van der Waals surface area contributed by atoms with Crippen LogP contribution in [0.4, 0.5) is 23.7 Å². The van der Waals surface area contributed by atoms with Crippen molar-refractivity contribution in [2.24, 2.45) is 7.05 Å². The van der Waals surface area contributed by atoms with E-state index in [1.54, 1.807) is 12.1 Å². The summed E-state index contributed by atoms with van der Waals surface area (Å²) in [5.41, 5.74) is -0.512. The number of carbonyl (C=O) groups is 2. The molecule has 2 aromatic heterocycles. The van der Waals surface area contributed by atoms with Gasteiger partial charge < -0.3 is 28.8 Å². The molecule has 0 unspecified atom stereocenters. The van der Waals surface area contributed by atoms with Crippen molar-refractivity contribution in [3.63, 3.8) is 0 Å². The van der Waals surface area contributed by atoms with Crippen LogP contribution in [0.25, 0.3) is 0 Å². The lowest BCUT2D eigenvalue weighted by Crippen LogP contribution is -2.45. The van der Waals surface area contributed by atoms with Gasteiger partial charge >= 0.3 is 12.2 Å². The van der Waals surface area contributed by atoms with Gasteiger partial charge in [-0.15, -0.1) is 0 Å². The fourth-order valence-electron chi connectivity index (χ4n) is 3.43. The zero-order valence-electron chi connectivity index (χ0n) is 19.4. The Morgan fingerprint density at radius 2 is 1.83 bits per heavy atom. The van der Waals surface area contributed by atoms with Crippen molar-refractivity contribution in [1.82, 2.24) is 14.4 Å². The number of anilines is 1. The molecule has 35 heavy (non-hydrogen) atoms. The maximum Gasteiger partial charge on any atom is 0.418 e. The van der Waals surface area contributed by atoms with Crippen molar-refractivity contribution in [2.45, 2.75) is 19.3 Å². The summed E-state index contributed by atoms with van der Waals surface area (Å²) in [4.78, 5) is 28.9. The van der Waals surface area contributed by atoms with Crippen LogP contribution in [-0.4, -0.2) is 53.1 Å². The molecule has 3 amide bonds. The van der Waals surface area contributed by atoms with E-state index >= 15 is 0 Å². The molecule has 0 aliphatic rings. The van der Waals surface area contributed by atoms with E-state index < -0.39 is 29.4 Å². The Hall–Kier alpha value is -3.73. The maximum atomic E-state index is 13.4. The van der Waals surface area contributed by atoms with Crippen LogP contribution in [-0.2, 0) is 35.8 Å². The van der Waals surface area contributed by atoms with Crippen LogP contribution >= 0.6 is 0 Å². The predicted octanol–water partition coefficient (Wildman–Crippen LogP) is 4.35. The number of ether oxygens (including phenoxy) is 1. The molecule has 8 nitrogen and oxygen atoms in total. The number of halogens is 3. The molecule has 0 aliphatic heterocycles. The summed E-state index contributed by atoms with van der Waals surface area (Å²) in [6, 6.07) is 11.0. The second-order valence-corrected chi connectivity index (χ2v) is 7.83. The fraction of sp³-hybridized carbons (Fsp3) is 0.333. The minimum atomic E-state index is -4.65. The highest BCUT2D eigenvalue weighted by molar-refractivity contribution is 5.93. The number of aromatic nitrogens is 1. The molecule has 0 saturated carbocycles. The van der Waals surface area contributed by atoms with E-state index in [0.717, 1.165) is 22.7 Å². The van der Waals surface area contributed by atoms with Gasteiger partial charge in [-0.1, -0.05) is 12.1 Å². The molecule has 11 heteroatoms. The number of benzene rings is 1. The number of methoxy groups -OCH3 is 1. The predicted molar refractivity (Wildman–Crippen MR) is 122 cm³/mol. The number of hydrogen-bond donors (Lipinski definition) is 1. The van der Waals surface area contributed by atoms with Gasteiger partial charge in [-0.2, -0.15) is 13.2 Å². The third kappa shape index (κ3) is 7.12. The van der Waals surface area contributed by atoms with Crippen molar-refractivity contribution >= 4 is 17.6 Å². The van der Waals surface area contributed by atoms with Crippen LogP contribution in [0.5, 0.6) is 0 Å². The monoisotopic (exact) mass is 492 g/mol. The van der Waals surface area contributed by atoms with Gasteiger partial charge in [0.2, 0.25) is 5.91 Å². The summed E-state index contributed by atoms with van der Waals surface area (Å²) in [7, 11) is 3.27. The van der Waals surface area contributed by atoms with Gasteiger partial charge in [-0.3, -0.25) is 4.79 Å². The Balaban J connectivity index is 1.79. The summed E-state index contributed by atoms with van der Waals surface area (Å²) >= 11 is 0. The first kappa shape index (κ1) is 25.9. The number of carbonyl (C=O) groups excluding carboxylic acids is 2. The zero-order valence-corrected chi connectivity index (χ0v) is 19.4. The van der Waals surface area contributed by atoms with Crippen molar-refractivity contribution in [2.75, 3.05) is 32.1 Å². The highest BCUT2D eigenvalue weighted by Gasteiger charge is 2.34. The van der Waals surface area contributed by atoms with E-state index in [4.69, 9.17) is 9.15 Å². The molecule has 3 aromatic rings. The number of rotatable bonds is 10. The quantitative estimate of drug-likeness (QED) is 0.457. The lowest BCUT2D eigenvalue weighted by Gasteiger charge is -2.28. The van der Waals surface area contributed by atoms with E-state index in [-0.39, 0.29) is 32.8 Å². The smallest absolute Gasteiger partial charge is 0.418 e. The number of hydrogen-bond acceptors (Lipinski definition) is 4. The molecular weight excluding hydrogens is 465 g/mol. The second-order valence-electron chi connectivity index (χ2n) is 7.83.